The molecule has 0 aromatic rings. The Kier molecular flexibility index (Phi) is 6.94. The molecule has 126 valence electrons. The van der Waals surface area contributed by atoms with Gasteiger partial charge in [0.05, 0.1) is 6.54 Å². The summed E-state index contributed by atoms with van der Waals surface area (Å²) < 4.78 is 37.0. The van der Waals surface area contributed by atoms with Crippen LogP contribution in [-0.2, 0) is 0 Å². The molecule has 3 nitrogen and oxygen atoms in total. The first kappa shape index (κ1) is 18.7. The van der Waals surface area contributed by atoms with E-state index in [4.69, 9.17) is 0 Å². The molecule has 0 amide bonds. The van der Waals surface area contributed by atoms with Crippen LogP contribution >= 0.6 is 0 Å². The molecule has 0 aromatic heterocycles. The van der Waals surface area contributed by atoms with Crippen LogP contribution in [-0.4, -0.2) is 66.8 Å². The van der Waals surface area contributed by atoms with E-state index in [-0.39, 0.29) is 5.54 Å². The third-order valence-corrected chi connectivity index (χ3v) is 3.89. The van der Waals surface area contributed by atoms with Gasteiger partial charge in [-0.3, -0.25) is 9.80 Å². The van der Waals surface area contributed by atoms with Gasteiger partial charge in [-0.1, -0.05) is 0 Å². The van der Waals surface area contributed by atoms with E-state index in [0.717, 1.165) is 32.5 Å². The Labute approximate surface area is 126 Å². The summed E-state index contributed by atoms with van der Waals surface area (Å²) in [5.74, 6) is 0. The summed E-state index contributed by atoms with van der Waals surface area (Å²) >= 11 is 0. The Morgan fingerprint density at radius 3 is 2.10 bits per heavy atom. The van der Waals surface area contributed by atoms with E-state index >= 15 is 0 Å². The van der Waals surface area contributed by atoms with E-state index in [0.29, 0.717) is 19.1 Å². The monoisotopic (exact) mass is 309 g/mol. The van der Waals surface area contributed by atoms with Crippen molar-refractivity contribution in [3.8, 4) is 0 Å². The molecule has 1 unspecified atom stereocenters. The van der Waals surface area contributed by atoms with E-state index in [9.17, 15) is 13.2 Å². The molecule has 0 saturated carbocycles. The molecular formula is C15H30F3N3. The number of nitrogens with zero attached hydrogens (tertiary/aromatic N) is 2. The topological polar surface area (TPSA) is 18.5 Å². The zero-order chi connectivity index (χ0) is 16.1. The third-order valence-electron chi connectivity index (χ3n) is 3.89. The number of hydrogen-bond donors (Lipinski definition) is 1. The second-order valence-electron chi connectivity index (χ2n) is 7.10. The Hall–Kier alpha value is -0.330. The van der Waals surface area contributed by atoms with E-state index in [1.807, 2.05) is 0 Å². The molecule has 0 spiro atoms. The SMILES string of the molecule is CC(CCCNC(C)(C)C)N1CCN(CC(F)(F)F)CC1. The zero-order valence-electron chi connectivity index (χ0n) is 13.8. The van der Waals surface area contributed by atoms with Crippen LogP contribution in [0, 0.1) is 0 Å². The molecule has 1 aliphatic rings. The maximum atomic E-state index is 12.3. The average Bonchev–Trinajstić information content (AvgIpc) is 2.32. The maximum absolute atomic E-state index is 12.3. The van der Waals surface area contributed by atoms with Gasteiger partial charge in [0.25, 0.3) is 0 Å². The highest BCUT2D eigenvalue weighted by atomic mass is 19.4. The van der Waals surface area contributed by atoms with E-state index in [1.54, 1.807) is 0 Å². The second-order valence-corrected chi connectivity index (χ2v) is 7.10. The Bertz CT molecular complexity index is 292. The Morgan fingerprint density at radius 1 is 1.05 bits per heavy atom. The molecule has 1 atom stereocenters. The number of nitrogens with one attached hydrogen (secondary N) is 1. The average molecular weight is 309 g/mol. The van der Waals surface area contributed by atoms with Gasteiger partial charge < -0.3 is 5.32 Å². The Morgan fingerprint density at radius 2 is 1.62 bits per heavy atom. The van der Waals surface area contributed by atoms with Gasteiger partial charge in [-0.15, -0.1) is 0 Å². The molecule has 21 heavy (non-hydrogen) atoms. The van der Waals surface area contributed by atoms with Crippen molar-refractivity contribution >= 4 is 0 Å². The van der Waals surface area contributed by atoms with Crippen molar-refractivity contribution in [1.29, 1.82) is 0 Å². The molecule has 1 rings (SSSR count). The minimum absolute atomic E-state index is 0.145. The van der Waals surface area contributed by atoms with Crippen LogP contribution in [0.3, 0.4) is 0 Å². The summed E-state index contributed by atoms with van der Waals surface area (Å²) in [4.78, 5) is 3.81. The quantitative estimate of drug-likeness (QED) is 0.761. The summed E-state index contributed by atoms with van der Waals surface area (Å²) in [5.41, 5.74) is 0.145. The van der Waals surface area contributed by atoms with E-state index in [2.05, 4.69) is 37.9 Å². The molecule has 0 aromatic carbocycles. The van der Waals surface area contributed by atoms with Crippen molar-refractivity contribution in [3.63, 3.8) is 0 Å². The van der Waals surface area contributed by atoms with E-state index < -0.39 is 12.7 Å². The highest BCUT2D eigenvalue weighted by Crippen LogP contribution is 2.18. The number of halogens is 3. The smallest absolute Gasteiger partial charge is 0.312 e. The minimum Gasteiger partial charge on any atom is -0.312 e. The van der Waals surface area contributed by atoms with Gasteiger partial charge >= 0.3 is 6.18 Å². The van der Waals surface area contributed by atoms with Crippen molar-refractivity contribution in [2.24, 2.45) is 0 Å². The van der Waals surface area contributed by atoms with Crippen LogP contribution in [0.1, 0.15) is 40.5 Å². The summed E-state index contributed by atoms with van der Waals surface area (Å²) in [6.07, 6.45) is -1.89. The number of piperazine rings is 1. The molecule has 6 heteroatoms. The predicted octanol–water partition coefficient (Wildman–Crippen LogP) is 2.72. The first-order chi connectivity index (χ1) is 9.57. The Balaban J connectivity index is 2.18. The minimum atomic E-state index is -4.08. The van der Waals surface area contributed by atoms with Crippen LogP contribution in [0.4, 0.5) is 13.2 Å². The molecule has 1 N–H and O–H groups in total. The fraction of sp³-hybridized carbons (Fsp3) is 1.00. The van der Waals surface area contributed by atoms with Crippen LogP contribution in [0.25, 0.3) is 0 Å². The summed E-state index contributed by atoms with van der Waals surface area (Å²) in [5, 5.41) is 3.46. The van der Waals surface area contributed by atoms with Crippen molar-refractivity contribution in [3.05, 3.63) is 0 Å². The molecular weight excluding hydrogens is 279 g/mol. The second kappa shape index (κ2) is 7.79. The highest BCUT2D eigenvalue weighted by Gasteiger charge is 2.32. The summed E-state index contributed by atoms with van der Waals surface area (Å²) in [6.45, 7) is 11.4. The summed E-state index contributed by atoms with van der Waals surface area (Å²) in [7, 11) is 0. The lowest BCUT2D eigenvalue weighted by atomic mass is 10.1. The molecule has 0 bridgehead atoms. The highest BCUT2D eigenvalue weighted by molar-refractivity contribution is 4.78. The predicted molar refractivity (Wildman–Crippen MR) is 80.5 cm³/mol. The lowest BCUT2D eigenvalue weighted by Crippen LogP contribution is -2.51. The maximum Gasteiger partial charge on any atom is 0.401 e. The van der Waals surface area contributed by atoms with Crippen LogP contribution in [0.2, 0.25) is 0 Å². The van der Waals surface area contributed by atoms with Crippen LogP contribution in [0.15, 0.2) is 0 Å². The van der Waals surface area contributed by atoms with Gasteiger partial charge in [-0.05, 0) is 47.1 Å². The van der Waals surface area contributed by atoms with Crippen molar-refractivity contribution in [1.82, 2.24) is 15.1 Å². The van der Waals surface area contributed by atoms with Crippen LogP contribution < -0.4 is 5.32 Å². The lowest BCUT2D eigenvalue weighted by molar-refractivity contribution is -0.149. The van der Waals surface area contributed by atoms with Gasteiger partial charge in [0.2, 0.25) is 0 Å². The van der Waals surface area contributed by atoms with Gasteiger partial charge in [-0.2, -0.15) is 13.2 Å². The molecule has 1 heterocycles. The normalized spacial score (nSPS) is 20.7. The molecule has 1 aliphatic heterocycles. The van der Waals surface area contributed by atoms with E-state index in [1.165, 1.54) is 4.90 Å². The fourth-order valence-corrected chi connectivity index (χ4v) is 2.66. The van der Waals surface area contributed by atoms with Crippen molar-refractivity contribution in [2.45, 2.75) is 58.3 Å². The first-order valence-electron chi connectivity index (χ1n) is 7.85. The number of alkyl halides is 3. The molecule has 0 radical (unpaired) electrons. The third kappa shape index (κ3) is 8.63. The first-order valence-corrected chi connectivity index (χ1v) is 7.85. The molecule has 0 aliphatic carbocycles. The van der Waals surface area contributed by atoms with Gasteiger partial charge in [0.15, 0.2) is 0 Å². The largest absolute Gasteiger partial charge is 0.401 e. The van der Waals surface area contributed by atoms with Crippen LogP contribution in [0.5, 0.6) is 0 Å². The zero-order valence-corrected chi connectivity index (χ0v) is 13.8. The fourth-order valence-electron chi connectivity index (χ4n) is 2.66. The number of rotatable bonds is 6. The lowest BCUT2D eigenvalue weighted by Gasteiger charge is -2.38. The molecule has 1 saturated heterocycles. The number of hydrogen-bond acceptors (Lipinski definition) is 3. The van der Waals surface area contributed by atoms with Gasteiger partial charge in [-0.25, -0.2) is 0 Å². The van der Waals surface area contributed by atoms with Gasteiger partial charge in [0.1, 0.15) is 0 Å². The van der Waals surface area contributed by atoms with Crippen molar-refractivity contribution in [2.75, 3.05) is 39.3 Å². The van der Waals surface area contributed by atoms with Gasteiger partial charge in [0, 0.05) is 37.8 Å². The standard InChI is InChI=1S/C15H30F3N3/c1-13(6-5-7-19-14(2,3)4)21-10-8-20(9-11-21)12-15(16,17)18/h13,19H,5-12H2,1-4H3. The summed E-state index contributed by atoms with van der Waals surface area (Å²) in [6, 6.07) is 0.444. The van der Waals surface area contributed by atoms with Crippen molar-refractivity contribution < 1.29 is 13.2 Å². The molecule has 1 fully saturated rings.